The van der Waals surface area contributed by atoms with E-state index >= 15 is 0 Å². The first-order chi connectivity index (χ1) is 5.92. The summed E-state index contributed by atoms with van der Waals surface area (Å²) in [7, 11) is 0. The van der Waals surface area contributed by atoms with Crippen LogP contribution in [0, 0.1) is 6.92 Å². The van der Waals surface area contributed by atoms with Crippen molar-refractivity contribution in [3.8, 4) is 0 Å². The van der Waals surface area contributed by atoms with E-state index in [0.29, 0.717) is 0 Å². The summed E-state index contributed by atoms with van der Waals surface area (Å²) in [4.78, 5) is 2.74. The lowest BCUT2D eigenvalue weighted by molar-refractivity contribution is 0.0422. The summed E-state index contributed by atoms with van der Waals surface area (Å²) in [6, 6.07) is 1.86. The Hall–Kier alpha value is -0.0400. The molecule has 2 aliphatic rings. The van der Waals surface area contributed by atoms with Gasteiger partial charge in [-0.2, -0.15) is 0 Å². The molecule has 0 aromatic rings. The molecule has 0 aliphatic carbocycles. The number of hydrogen-bond donors (Lipinski definition) is 0. The average molecular weight is 166 g/mol. The van der Waals surface area contributed by atoms with E-state index in [9.17, 15) is 0 Å². The van der Waals surface area contributed by atoms with Crippen molar-refractivity contribution in [2.75, 3.05) is 6.54 Å². The molecule has 69 valence electrons. The molecule has 0 unspecified atom stereocenters. The summed E-state index contributed by atoms with van der Waals surface area (Å²) in [5.41, 5.74) is 0. The number of rotatable bonds is 2. The SMILES string of the molecule is [CH2]CCN1C2CCCC1CCC2. The quantitative estimate of drug-likeness (QED) is 0.609. The largest absolute Gasteiger partial charge is 0.297 e. The van der Waals surface area contributed by atoms with Crippen molar-refractivity contribution in [2.24, 2.45) is 0 Å². The Bertz CT molecular complexity index is 122. The molecule has 12 heavy (non-hydrogen) atoms. The van der Waals surface area contributed by atoms with Crippen LogP contribution in [0.1, 0.15) is 44.9 Å². The van der Waals surface area contributed by atoms with Crippen LogP contribution >= 0.6 is 0 Å². The van der Waals surface area contributed by atoms with E-state index in [-0.39, 0.29) is 0 Å². The van der Waals surface area contributed by atoms with Gasteiger partial charge in [0.2, 0.25) is 0 Å². The predicted octanol–water partition coefficient (Wildman–Crippen LogP) is 2.62. The highest BCUT2D eigenvalue weighted by atomic mass is 15.2. The summed E-state index contributed by atoms with van der Waals surface area (Å²) in [6.45, 7) is 5.21. The molecule has 1 heteroatoms. The molecule has 1 radical (unpaired) electrons. The van der Waals surface area contributed by atoms with Crippen molar-refractivity contribution in [2.45, 2.75) is 57.0 Å². The number of hydrogen-bond acceptors (Lipinski definition) is 1. The predicted molar refractivity (Wildman–Crippen MR) is 52.0 cm³/mol. The van der Waals surface area contributed by atoms with Gasteiger partial charge in [0.25, 0.3) is 0 Å². The average Bonchev–Trinajstić information content (AvgIpc) is 2.04. The summed E-state index contributed by atoms with van der Waals surface area (Å²) in [5, 5.41) is 0. The molecule has 2 heterocycles. The fourth-order valence-electron chi connectivity index (χ4n) is 2.98. The minimum atomic E-state index is 0.930. The normalized spacial score (nSPS) is 36.8. The van der Waals surface area contributed by atoms with Crippen molar-refractivity contribution in [1.82, 2.24) is 4.90 Å². The maximum atomic E-state index is 3.97. The first-order valence-corrected chi connectivity index (χ1v) is 5.47. The zero-order chi connectivity index (χ0) is 8.39. The molecule has 0 aromatic carbocycles. The molecule has 2 bridgehead atoms. The third-order valence-electron chi connectivity index (χ3n) is 3.50. The van der Waals surface area contributed by atoms with Gasteiger partial charge in [0.05, 0.1) is 0 Å². The van der Waals surface area contributed by atoms with Gasteiger partial charge in [-0.25, -0.2) is 0 Å². The van der Waals surface area contributed by atoms with Gasteiger partial charge in [0, 0.05) is 12.1 Å². The highest BCUT2D eigenvalue weighted by Crippen LogP contribution is 2.33. The lowest BCUT2D eigenvalue weighted by atomic mass is 9.84. The fraction of sp³-hybridized carbons (Fsp3) is 0.909. The van der Waals surface area contributed by atoms with Crippen LogP contribution in [0.25, 0.3) is 0 Å². The second kappa shape index (κ2) is 3.78. The Labute approximate surface area is 76.1 Å². The van der Waals surface area contributed by atoms with E-state index in [1.165, 1.54) is 45.1 Å². The van der Waals surface area contributed by atoms with Crippen LogP contribution in [-0.2, 0) is 0 Å². The molecular weight excluding hydrogens is 146 g/mol. The Morgan fingerprint density at radius 1 is 1.00 bits per heavy atom. The monoisotopic (exact) mass is 166 g/mol. The standard InChI is InChI=1S/C11H20N/c1-2-9-12-10-5-3-6-11(12)8-4-7-10/h10-11H,1-9H2. The molecular formula is C11H20N. The van der Waals surface area contributed by atoms with E-state index in [1.807, 2.05) is 0 Å². The van der Waals surface area contributed by atoms with Crippen LogP contribution in [0.4, 0.5) is 0 Å². The number of fused-ring (bicyclic) bond motifs is 2. The van der Waals surface area contributed by atoms with Crippen LogP contribution in [0.2, 0.25) is 0 Å². The van der Waals surface area contributed by atoms with E-state index in [4.69, 9.17) is 0 Å². The van der Waals surface area contributed by atoms with Crippen LogP contribution in [-0.4, -0.2) is 23.5 Å². The number of piperidine rings is 2. The zero-order valence-electron chi connectivity index (χ0n) is 7.97. The van der Waals surface area contributed by atoms with Crippen molar-refractivity contribution < 1.29 is 0 Å². The summed E-state index contributed by atoms with van der Waals surface area (Å²) < 4.78 is 0. The molecule has 0 amide bonds. The van der Waals surface area contributed by atoms with Crippen LogP contribution in [0.15, 0.2) is 0 Å². The van der Waals surface area contributed by atoms with Crippen LogP contribution in [0.3, 0.4) is 0 Å². The lowest BCUT2D eigenvalue weighted by Gasteiger charge is -2.46. The Balaban J connectivity index is 1.98. The van der Waals surface area contributed by atoms with Crippen molar-refractivity contribution >= 4 is 0 Å². The Morgan fingerprint density at radius 2 is 1.50 bits per heavy atom. The Morgan fingerprint density at radius 3 is 1.92 bits per heavy atom. The van der Waals surface area contributed by atoms with Crippen LogP contribution < -0.4 is 0 Å². The topological polar surface area (TPSA) is 3.24 Å². The molecule has 2 rings (SSSR count). The maximum Gasteiger partial charge on any atom is 0.00982 e. The van der Waals surface area contributed by atoms with Gasteiger partial charge in [-0.3, -0.25) is 4.90 Å². The zero-order valence-corrected chi connectivity index (χ0v) is 7.97. The molecule has 0 aromatic heterocycles. The first-order valence-electron chi connectivity index (χ1n) is 5.47. The highest BCUT2D eigenvalue weighted by molar-refractivity contribution is 4.88. The smallest absolute Gasteiger partial charge is 0.00982 e. The lowest BCUT2D eigenvalue weighted by Crippen LogP contribution is -2.49. The second-order valence-corrected chi connectivity index (χ2v) is 4.26. The van der Waals surface area contributed by atoms with Gasteiger partial charge < -0.3 is 0 Å². The third-order valence-corrected chi connectivity index (χ3v) is 3.50. The van der Waals surface area contributed by atoms with Crippen molar-refractivity contribution in [3.05, 3.63) is 6.92 Å². The number of nitrogens with zero attached hydrogens (tertiary/aromatic N) is 1. The molecule has 1 nitrogen and oxygen atoms in total. The van der Waals surface area contributed by atoms with E-state index in [0.717, 1.165) is 18.5 Å². The van der Waals surface area contributed by atoms with E-state index in [2.05, 4.69) is 11.8 Å². The minimum absolute atomic E-state index is 0.930. The molecule has 0 atom stereocenters. The second-order valence-electron chi connectivity index (χ2n) is 4.26. The summed E-state index contributed by atoms with van der Waals surface area (Å²) in [6.07, 6.45) is 9.86. The van der Waals surface area contributed by atoms with Gasteiger partial charge in [-0.05, 0) is 38.6 Å². The van der Waals surface area contributed by atoms with Gasteiger partial charge >= 0.3 is 0 Å². The first kappa shape index (κ1) is 8.55. The summed E-state index contributed by atoms with van der Waals surface area (Å²) in [5.74, 6) is 0. The van der Waals surface area contributed by atoms with Gasteiger partial charge in [-0.15, -0.1) is 0 Å². The molecule has 0 N–H and O–H groups in total. The van der Waals surface area contributed by atoms with Gasteiger partial charge in [0.1, 0.15) is 0 Å². The molecule has 2 saturated heterocycles. The van der Waals surface area contributed by atoms with Crippen LogP contribution in [0.5, 0.6) is 0 Å². The Kier molecular flexibility index (Phi) is 2.69. The molecule has 0 spiro atoms. The van der Waals surface area contributed by atoms with E-state index in [1.54, 1.807) is 0 Å². The van der Waals surface area contributed by atoms with Crippen molar-refractivity contribution in [1.29, 1.82) is 0 Å². The fourth-order valence-corrected chi connectivity index (χ4v) is 2.98. The molecule has 2 aliphatic heterocycles. The highest BCUT2D eigenvalue weighted by Gasteiger charge is 2.32. The van der Waals surface area contributed by atoms with E-state index < -0.39 is 0 Å². The minimum Gasteiger partial charge on any atom is -0.297 e. The van der Waals surface area contributed by atoms with Crippen molar-refractivity contribution in [3.63, 3.8) is 0 Å². The molecule has 2 fully saturated rings. The van der Waals surface area contributed by atoms with Gasteiger partial charge in [-0.1, -0.05) is 19.8 Å². The third kappa shape index (κ3) is 1.52. The molecule has 0 saturated carbocycles. The summed E-state index contributed by atoms with van der Waals surface area (Å²) >= 11 is 0. The maximum absolute atomic E-state index is 3.97. The van der Waals surface area contributed by atoms with Gasteiger partial charge in [0.15, 0.2) is 0 Å².